The molecule has 2 nitrogen and oxygen atoms in total. The summed E-state index contributed by atoms with van der Waals surface area (Å²) in [6, 6.07) is 1.55. The van der Waals surface area contributed by atoms with Crippen LogP contribution in [0, 0.1) is 0 Å². The molecule has 0 spiro atoms. The number of piperidine rings is 1. The normalized spacial score (nSPS) is 26.4. The van der Waals surface area contributed by atoms with Gasteiger partial charge in [-0.15, -0.1) is 0 Å². The predicted octanol–water partition coefficient (Wildman–Crippen LogP) is 2.25. The summed E-state index contributed by atoms with van der Waals surface area (Å²) in [6.45, 7) is 10.4. The lowest BCUT2D eigenvalue weighted by Crippen LogP contribution is -2.48. The Hall–Kier alpha value is -0.0800. The maximum atomic E-state index is 3.45. The van der Waals surface area contributed by atoms with Gasteiger partial charge in [-0.05, 0) is 39.3 Å². The van der Waals surface area contributed by atoms with Crippen molar-refractivity contribution in [3.05, 3.63) is 0 Å². The minimum Gasteiger partial charge on any atom is -0.315 e. The Morgan fingerprint density at radius 1 is 1.36 bits per heavy atom. The Labute approximate surface area is 89.1 Å². The SMILES string of the molecule is CCNCC(C)N1CCCCC1CC. The van der Waals surface area contributed by atoms with E-state index in [2.05, 4.69) is 31.0 Å². The second-order valence-corrected chi connectivity index (χ2v) is 4.45. The number of hydrogen-bond acceptors (Lipinski definition) is 2. The molecule has 84 valence electrons. The van der Waals surface area contributed by atoms with Gasteiger partial charge < -0.3 is 5.32 Å². The third-order valence-electron chi connectivity index (χ3n) is 3.40. The topological polar surface area (TPSA) is 15.3 Å². The highest BCUT2D eigenvalue weighted by Gasteiger charge is 2.24. The van der Waals surface area contributed by atoms with Crippen LogP contribution in [0.15, 0.2) is 0 Å². The summed E-state index contributed by atoms with van der Waals surface area (Å²) in [4.78, 5) is 2.70. The molecule has 1 N–H and O–H groups in total. The Bertz CT molecular complexity index is 147. The summed E-state index contributed by atoms with van der Waals surface area (Å²) in [6.07, 6.45) is 5.55. The first-order valence-electron chi connectivity index (χ1n) is 6.26. The standard InChI is InChI=1S/C12H26N2/c1-4-12-8-6-7-9-14(12)11(3)10-13-5-2/h11-13H,4-10H2,1-3H3. The third kappa shape index (κ3) is 3.25. The van der Waals surface area contributed by atoms with Crippen molar-refractivity contribution in [3.8, 4) is 0 Å². The Balaban J connectivity index is 2.37. The summed E-state index contributed by atoms with van der Waals surface area (Å²) >= 11 is 0. The van der Waals surface area contributed by atoms with Crippen LogP contribution in [0.3, 0.4) is 0 Å². The van der Waals surface area contributed by atoms with Gasteiger partial charge in [-0.3, -0.25) is 4.90 Å². The Kier molecular flexibility index (Phi) is 5.49. The number of nitrogens with one attached hydrogen (secondary N) is 1. The molecular weight excluding hydrogens is 172 g/mol. The molecule has 0 saturated carbocycles. The molecule has 0 aliphatic carbocycles. The summed E-state index contributed by atoms with van der Waals surface area (Å²) in [5, 5.41) is 3.45. The molecule has 0 aromatic rings. The average molecular weight is 198 g/mol. The van der Waals surface area contributed by atoms with E-state index >= 15 is 0 Å². The van der Waals surface area contributed by atoms with E-state index in [1.54, 1.807) is 0 Å². The second kappa shape index (κ2) is 6.41. The van der Waals surface area contributed by atoms with Crippen LogP contribution in [0.2, 0.25) is 0 Å². The van der Waals surface area contributed by atoms with Crippen LogP contribution < -0.4 is 5.32 Å². The van der Waals surface area contributed by atoms with Crippen LogP contribution in [-0.4, -0.2) is 36.6 Å². The molecule has 0 aromatic heterocycles. The molecule has 1 aliphatic rings. The largest absolute Gasteiger partial charge is 0.315 e. The maximum absolute atomic E-state index is 3.45. The van der Waals surface area contributed by atoms with Crippen LogP contribution in [0.5, 0.6) is 0 Å². The first kappa shape index (κ1) is 12.0. The maximum Gasteiger partial charge on any atom is 0.0195 e. The van der Waals surface area contributed by atoms with Gasteiger partial charge in [0.05, 0.1) is 0 Å². The minimum atomic E-state index is 0.709. The molecule has 1 rings (SSSR count). The molecule has 1 heterocycles. The van der Waals surface area contributed by atoms with Crippen molar-refractivity contribution in [3.63, 3.8) is 0 Å². The van der Waals surface area contributed by atoms with E-state index in [-0.39, 0.29) is 0 Å². The predicted molar refractivity (Wildman–Crippen MR) is 62.6 cm³/mol. The first-order valence-corrected chi connectivity index (χ1v) is 6.26. The molecule has 1 fully saturated rings. The number of hydrogen-bond donors (Lipinski definition) is 1. The highest BCUT2D eigenvalue weighted by atomic mass is 15.2. The van der Waals surface area contributed by atoms with E-state index in [1.807, 2.05) is 0 Å². The van der Waals surface area contributed by atoms with Gasteiger partial charge in [-0.25, -0.2) is 0 Å². The Morgan fingerprint density at radius 2 is 2.14 bits per heavy atom. The zero-order chi connectivity index (χ0) is 10.4. The molecular formula is C12H26N2. The summed E-state index contributed by atoms with van der Waals surface area (Å²) in [5.74, 6) is 0. The zero-order valence-electron chi connectivity index (χ0n) is 10.1. The van der Waals surface area contributed by atoms with E-state index in [0.29, 0.717) is 6.04 Å². The lowest BCUT2D eigenvalue weighted by molar-refractivity contribution is 0.0996. The monoisotopic (exact) mass is 198 g/mol. The van der Waals surface area contributed by atoms with Crippen LogP contribution in [0.25, 0.3) is 0 Å². The van der Waals surface area contributed by atoms with Crippen LogP contribution >= 0.6 is 0 Å². The van der Waals surface area contributed by atoms with E-state index in [0.717, 1.165) is 19.1 Å². The molecule has 0 bridgehead atoms. The molecule has 2 heteroatoms. The van der Waals surface area contributed by atoms with Crippen molar-refractivity contribution in [2.24, 2.45) is 0 Å². The van der Waals surface area contributed by atoms with Crippen LogP contribution in [0.1, 0.15) is 46.5 Å². The number of likely N-dealkylation sites (N-methyl/N-ethyl adjacent to an activating group) is 1. The number of rotatable bonds is 5. The number of nitrogens with zero attached hydrogens (tertiary/aromatic N) is 1. The third-order valence-corrected chi connectivity index (χ3v) is 3.40. The summed E-state index contributed by atoms with van der Waals surface area (Å²) < 4.78 is 0. The smallest absolute Gasteiger partial charge is 0.0195 e. The van der Waals surface area contributed by atoms with Crippen LogP contribution in [0.4, 0.5) is 0 Å². The van der Waals surface area contributed by atoms with E-state index in [9.17, 15) is 0 Å². The highest BCUT2D eigenvalue weighted by Crippen LogP contribution is 2.21. The quantitative estimate of drug-likeness (QED) is 0.729. The second-order valence-electron chi connectivity index (χ2n) is 4.45. The van der Waals surface area contributed by atoms with Crippen molar-refractivity contribution in [2.45, 2.75) is 58.5 Å². The lowest BCUT2D eigenvalue weighted by atomic mass is 9.98. The van der Waals surface area contributed by atoms with Gasteiger partial charge in [0.15, 0.2) is 0 Å². The average Bonchev–Trinajstić information content (AvgIpc) is 2.25. The summed E-state index contributed by atoms with van der Waals surface area (Å²) in [7, 11) is 0. The van der Waals surface area contributed by atoms with Gasteiger partial charge in [0.25, 0.3) is 0 Å². The van der Waals surface area contributed by atoms with E-state index < -0.39 is 0 Å². The van der Waals surface area contributed by atoms with Gasteiger partial charge in [-0.2, -0.15) is 0 Å². The molecule has 0 amide bonds. The minimum absolute atomic E-state index is 0.709. The van der Waals surface area contributed by atoms with Gasteiger partial charge in [0.2, 0.25) is 0 Å². The molecule has 2 atom stereocenters. The van der Waals surface area contributed by atoms with Gasteiger partial charge in [0, 0.05) is 18.6 Å². The van der Waals surface area contributed by atoms with Gasteiger partial charge in [0.1, 0.15) is 0 Å². The fourth-order valence-electron chi connectivity index (χ4n) is 2.51. The molecule has 1 aliphatic heterocycles. The first-order chi connectivity index (χ1) is 6.79. The molecule has 0 aromatic carbocycles. The fraction of sp³-hybridized carbons (Fsp3) is 1.00. The number of likely N-dealkylation sites (tertiary alicyclic amines) is 1. The van der Waals surface area contributed by atoms with E-state index in [4.69, 9.17) is 0 Å². The highest BCUT2D eigenvalue weighted by molar-refractivity contribution is 4.80. The fourth-order valence-corrected chi connectivity index (χ4v) is 2.51. The molecule has 0 radical (unpaired) electrons. The van der Waals surface area contributed by atoms with Crippen molar-refractivity contribution < 1.29 is 0 Å². The molecule has 2 unspecified atom stereocenters. The van der Waals surface area contributed by atoms with Crippen molar-refractivity contribution in [1.82, 2.24) is 10.2 Å². The lowest BCUT2D eigenvalue weighted by Gasteiger charge is -2.39. The Morgan fingerprint density at radius 3 is 2.79 bits per heavy atom. The van der Waals surface area contributed by atoms with Crippen molar-refractivity contribution >= 4 is 0 Å². The van der Waals surface area contributed by atoms with Crippen LogP contribution in [-0.2, 0) is 0 Å². The molecule has 14 heavy (non-hydrogen) atoms. The van der Waals surface area contributed by atoms with Crippen molar-refractivity contribution in [1.29, 1.82) is 0 Å². The molecule has 1 saturated heterocycles. The van der Waals surface area contributed by atoms with Crippen molar-refractivity contribution in [2.75, 3.05) is 19.6 Å². The van der Waals surface area contributed by atoms with Gasteiger partial charge in [-0.1, -0.05) is 20.3 Å². The summed E-state index contributed by atoms with van der Waals surface area (Å²) in [5.41, 5.74) is 0. The van der Waals surface area contributed by atoms with E-state index in [1.165, 1.54) is 32.2 Å². The van der Waals surface area contributed by atoms with Gasteiger partial charge >= 0.3 is 0 Å². The zero-order valence-corrected chi connectivity index (χ0v) is 10.1.